The Morgan fingerprint density at radius 1 is 1.06 bits per heavy atom. The molecule has 9 heteroatoms. The Morgan fingerprint density at radius 3 is 2.42 bits per heavy atom. The molecule has 0 bridgehead atoms. The number of carbonyl (C=O) groups is 2. The minimum Gasteiger partial charge on any atom is -0.465 e. The van der Waals surface area contributed by atoms with Gasteiger partial charge in [0, 0.05) is 38.4 Å². The van der Waals surface area contributed by atoms with Crippen molar-refractivity contribution in [2.45, 2.75) is 33.3 Å². The van der Waals surface area contributed by atoms with E-state index in [0.29, 0.717) is 49.3 Å². The molecule has 0 aliphatic carbocycles. The first-order valence-corrected chi connectivity index (χ1v) is 10.1. The molecule has 0 spiro atoms. The molecule has 2 aromatic rings. The Morgan fingerprint density at radius 2 is 1.77 bits per heavy atom. The van der Waals surface area contributed by atoms with Gasteiger partial charge in [0.1, 0.15) is 11.4 Å². The molecular formula is C22H28N4O5. The summed E-state index contributed by atoms with van der Waals surface area (Å²) in [5, 5.41) is 0. The van der Waals surface area contributed by atoms with Crippen molar-refractivity contribution in [3.05, 3.63) is 41.6 Å². The lowest BCUT2D eigenvalue weighted by molar-refractivity contribution is 0.0240. The summed E-state index contributed by atoms with van der Waals surface area (Å²) in [5.41, 5.74) is 0.737. The van der Waals surface area contributed by atoms with Crippen LogP contribution in [0.4, 0.5) is 10.7 Å². The van der Waals surface area contributed by atoms with E-state index in [0.717, 1.165) is 5.56 Å². The monoisotopic (exact) mass is 428 g/mol. The standard InChI is InChI=1S/C22H28N4O5/c1-15-6-7-16(19(27)29-5)14-17(15)30-18-8-9-23-20(24-18)25-10-12-26(13-11-25)21(28)31-22(2,3)4/h6-9,14H,10-13H2,1-5H3. The highest BCUT2D eigenvalue weighted by molar-refractivity contribution is 5.89. The number of hydrogen-bond acceptors (Lipinski definition) is 8. The van der Waals surface area contributed by atoms with Crippen LogP contribution in [0.5, 0.6) is 11.6 Å². The maximum Gasteiger partial charge on any atom is 0.410 e. The SMILES string of the molecule is COC(=O)c1ccc(C)c(Oc2ccnc(N3CCN(C(=O)OC(C)(C)C)CC3)n2)c1. The van der Waals surface area contributed by atoms with Gasteiger partial charge in [0.05, 0.1) is 12.7 Å². The molecule has 3 rings (SSSR count). The minimum atomic E-state index is -0.522. The number of anilines is 1. The molecule has 31 heavy (non-hydrogen) atoms. The Bertz CT molecular complexity index is 949. The second-order valence-electron chi connectivity index (χ2n) is 8.22. The van der Waals surface area contributed by atoms with Crippen LogP contribution in [-0.4, -0.2) is 65.8 Å². The third-order valence-electron chi connectivity index (χ3n) is 4.66. The van der Waals surface area contributed by atoms with E-state index in [1.807, 2.05) is 32.6 Å². The molecule has 1 aromatic heterocycles. The predicted molar refractivity (Wildman–Crippen MR) is 115 cm³/mol. The van der Waals surface area contributed by atoms with Gasteiger partial charge in [-0.05, 0) is 45.4 Å². The fourth-order valence-corrected chi connectivity index (χ4v) is 3.02. The van der Waals surface area contributed by atoms with Crippen molar-refractivity contribution in [3.8, 4) is 11.6 Å². The summed E-state index contributed by atoms with van der Waals surface area (Å²) in [7, 11) is 1.34. The normalized spacial score (nSPS) is 14.2. The van der Waals surface area contributed by atoms with Gasteiger partial charge in [-0.3, -0.25) is 0 Å². The molecule has 0 atom stereocenters. The second kappa shape index (κ2) is 9.20. The molecule has 2 heterocycles. The van der Waals surface area contributed by atoms with Crippen LogP contribution in [0.25, 0.3) is 0 Å². The molecule has 1 amide bonds. The summed E-state index contributed by atoms with van der Waals surface area (Å²) in [4.78, 5) is 36.6. The molecule has 0 radical (unpaired) electrons. The van der Waals surface area contributed by atoms with Crippen molar-refractivity contribution in [3.63, 3.8) is 0 Å². The Kier molecular flexibility index (Phi) is 6.62. The van der Waals surface area contributed by atoms with Crippen LogP contribution in [0, 0.1) is 6.92 Å². The van der Waals surface area contributed by atoms with E-state index in [1.165, 1.54) is 7.11 Å². The summed E-state index contributed by atoms with van der Waals surface area (Å²) < 4.78 is 16.1. The molecule has 1 saturated heterocycles. The van der Waals surface area contributed by atoms with Gasteiger partial charge in [-0.2, -0.15) is 4.98 Å². The largest absolute Gasteiger partial charge is 0.465 e. The summed E-state index contributed by atoms with van der Waals surface area (Å²) in [5.74, 6) is 0.964. The first-order valence-electron chi connectivity index (χ1n) is 10.1. The first kappa shape index (κ1) is 22.3. The highest BCUT2D eigenvalue weighted by Crippen LogP contribution is 2.26. The van der Waals surface area contributed by atoms with Gasteiger partial charge in [0.25, 0.3) is 0 Å². The number of aromatic nitrogens is 2. The van der Waals surface area contributed by atoms with E-state index in [2.05, 4.69) is 9.97 Å². The Hall–Kier alpha value is -3.36. The second-order valence-corrected chi connectivity index (χ2v) is 8.22. The highest BCUT2D eigenvalue weighted by Gasteiger charge is 2.27. The van der Waals surface area contributed by atoms with Crippen LogP contribution in [-0.2, 0) is 9.47 Å². The summed E-state index contributed by atoms with van der Waals surface area (Å²) in [6.45, 7) is 9.63. The van der Waals surface area contributed by atoms with E-state index in [-0.39, 0.29) is 6.09 Å². The highest BCUT2D eigenvalue weighted by atomic mass is 16.6. The van der Waals surface area contributed by atoms with Crippen LogP contribution in [0.2, 0.25) is 0 Å². The van der Waals surface area contributed by atoms with E-state index < -0.39 is 11.6 Å². The van der Waals surface area contributed by atoms with Gasteiger partial charge in [0.15, 0.2) is 0 Å². The number of carbonyl (C=O) groups excluding carboxylic acids is 2. The van der Waals surface area contributed by atoms with Crippen LogP contribution < -0.4 is 9.64 Å². The molecule has 1 fully saturated rings. The van der Waals surface area contributed by atoms with Gasteiger partial charge < -0.3 is 24.0 Å². The molecule has 0 saturated carbocycles. The summed E-state index contributed by atoms with van der Waals surface area (Å²) in [6.07, 6.45) is 1.31. The number of ether oxygens (including phenoxy) is 3. The number of hydrogen-bond donors (Lipinski definition) is 0. The smallest absolute Gasteiger partial charge is 0.410 e. The number of amides is 1. The van der Waals surface area contributed by atoms with Crippen LogP contribution in [0.15, 0.2) is 30.5 Å². The van der Waals surface area contributed by atoms with E-state index in [9.17, 15) is 9.59 Å². The summed E-state index contributed by atoms with van der Waals surface area (Å²) in [6, 6.07) is 6.76. The van der Waals surface area contributed by atoms with E-state index in [1.54, 1.807) is 35.4 Å². The van der Waals surface area contributed by atoms with Gasteiger partial charge in [0.2, 0.25) is 11.8 Å². The van der Waals surface area contributed by atoms with Gasteiger partial charge in [-0.1, -0.05) is 6.07 Å². The topological polar surface area (TPSA) is 94.1 Å². The van der Waals surface area contributed by atoms with Crippen molar-refractivity contribution in [2.75, 3.05) is 38.2 Å². The number of methoxy groups -OCH3 is 1. The molecule has 1 aliphatic rings. The third-order valence-corrected chi connectivity index (χ3v) is 4.66. The average Bonchev–Trinajstić information content (AvgIpc) is 2.74. The minimum absolute atomic E-state index is 0.314. The molecule has 0 unspecified atom stereocenters. The number of piperazine rings is 1. The fourth-order valence-electron chi connectivity index (χ4n) is 3.02. The number of aryl methyl sites for hydroxylation is 1. The maximum atomic E-state index is 12.2. The lowest BCUT2D eigenvalue weighted by Gasteiger charge is -2.35. The lowest BCUT2D eigenvalue weighted by atomic mass is 10.1. The number of nitrogens with zero attached hydrogens (tertiary/aromatic N) is 4. The van der Waals surface area contributed by atoms with Crippen LogP contribution >= 0.6 is 0 Å². The Labute approximate surface area is 181 Å². The number of rotatable bonds is 4. The van der Waals surface area contributed by atoms with Crippen LogP contribution in [0.1, 0.15) is 36.7 Å². The predicted octanol–water partition coefficient (Wildman–Crippen LogP) is 3.42. The fraction of sp³-hybridized carbons (Fsp3) is 0.455. The number of benzene rings is 1. The van der Waals surface area contributed by atoms with Gasteiger partial charge >= 0.3 is 12.1 Å². The zero-order valence-corrected chi connectivity index (χ0v) is 18.5. The molecule has 1 aromatic carbocycles. The quantitative estimate of drug-likeness (QED) is 0.684. The van der Waals surface area contributed by atoms with E-state index in [4.69, 9.17) is 14.2 Å². The van der Waals surface area contributed by atoms with Crippen molar-refractivity contribution < 1.29 is 23.8 Å². The maximum absolute atomic E-state index is 12.2. The zero-order valence-electron chi connectivity index (χ0n) is 18.5. The molecule has 166 valence electrons. The van der Waals surface area contributed by atoms with Crippen LogP contribution in [0.3, 0.4) is 0 Å². The Balaban J connectivity index is 1.67. The van der Waals surface area contributed by atoms with Gasteiger partial charge in [-0.25, -0.2) is 14.6 Å². The third kappa shape index (κ3) is 5.84. The number of esters is 1. The van der Waals surface area contributed by atoms with Crippen molar-refractivity contribution in [1.29, 1.82) is 0 Å². The molecule has 1 aliphatic heterocycles. The zero-order chi connectivity index (χ0) is 22.6. The molecule has 0 N–H and O–H groups in total. The van der Waals surface area contributed by atoms with Crippen molar-refractivity contribution in [1.82, 2.24) is 14.9 Å². The summed E-state index contributed by atoms with van der Waals surface area (Å²) >= 11 is 0. The van der Waals surface area contributed by atoms with E-state index >= 15 is 0 Å². The molecular weight excluding hydrogens is 400 g/mol. The average molecular weight is 428 g/mol. The lowest BCUT2D eigenvalue weighted by Crippen LogP contribution is -2.50. The van der Waals surface area contributed by atoms with Gasteiger partial charge in [-0.15, -0.1) is 0 Å². The molecule has 9 nitrogen and oxygen atoms in total. The first-order chi connectivity index (χ1) is 14.7. The van der Waals surface area contributed by atoms with Crippen molar-refractivity contribution >= 4 is 18.0 Å². The van der Waals surface area contributed by atoms with Crippen molar-refractivity contribution in [2.24, 2.45) is 0 Å².